The first-order valence-electron chi connectivity index (χ1n) is 12.4. The lowest BCUT2D eigenvalue weighted by molar-refractivity contribution is 0.376. The van der Waals surface area contributed by atoms with Crippen molar-refractivity contribution in [2.24, 2.45) is 17.3 Å². The van der Waals surface area contributed by atoms with Gasteiger partial charge >= 0.3 is 0 Å². The molecule has 1 aromatic carbocycles. The molecule has 0 amide bonds. The molecule has 2 aliphatic carbocycles. The van der Waals surface area contributed by atoms with Gasteiger partial charge in [-0.25, -0.2) is 0 Å². The molecule has 1 nitrogen and oxygen atoms in total. The van der Waals surface area contributed by atoms with E-state index in [0.29, 0.717) is 17.3 Å². The summed E-state index contributed by atoms with van der Waals surface area (Å²) in [7, 11) is 0. The molecule has 1 fully saturated rings. The van der Waals surface area contributed by atoms with Crippen molar-refractivity contribution in [3.63, 3.8) is 0 Å². The summed E-state index contributed by atoms with van der Waals surface area (Å²) in [5.41, 5.74) is 10.0. The van der Waals surface area contributed by atoms with Gasteiger partial charge in [0.1, 0.15) is 0 Å². The van der Waals surface area contributed by atoms with Crippen molar-refractivity contribution in [2.45, 2.75) is 79.6 Å². The fraction of sp³-hybridized carbons (Fsp3) is 0.484. The monoisotopic (exact) mass is 429 g/mol. The highest BCUT2D eigenvalue weighted by Crippen LogP contribution is 2.43. The van der Waals surface area contributed by atoms with Crippen LogP contribution in [0.5, 0.6) is 0 Å². The van der Waals surface area contributed by atoms with Crippen LogP contribution in [0.15, 0.2) is 78.1 Å². The Labute approximate surface area is 197 Å². The normalized spacial score (nSPS) is 18.5. The number of allylic oxidation sites excluding steroid dienone is 4. The second-order valence-corrected chi connectivity index (χ2v) is 11.1. The largest absolute Gasteiger partial charge is 0.355 e. The van der Waals surface area contributed by atoms with Crippen LogP contribution in [0.3, 0.4) is 0 Å². The fourth-order valence-corrected chi connectivity index (χ4v) is 5.05. The Kier molecular flexibility index (Phi) is 7.70. The van der Waals surface area contributed by atoms with E-state index in [0.717, 1.165) is 35.4 Å². The number of nitrogens with one attached hydrogen (secondary N) is 1. The van der Waals surface area contributed by atoms with Gasteiger partial charge in [0.25, 0.3) is 0 Å². The van der Waals surface area contributed by atoms with E-state index in [2.05, 4.69) is 90.0 Å². The van der Waals surface area contributed by atoms with E-state index in [1.807, 2.05) is 0 Å². The van der Waals surface area contributed by atoms with Gasteiger partial charge in [-0.3, -0.25) is 0 Å². The first-order chi connectivity index (χ1) is 15.1. The highest BCUT2D eigenvalue weighted by atomic mass is 14.9. The van der Waals surface area contributed by atoms with E-state index in [4.69, 9.17) is 0 Å². The van der Waals surface area contributed by atoms with Gasteiger partial charge in [0, 0.05) is 17.3 Å². The predicted molar refractivity (Wildman–Crippen MR) is 141 cm³/mol. The van der Waals surface area contributed by atoms with Gasteiger partial charge in [-0.05, 0) is 72.3 Å². The maximum Gasteiger partial charge on any atom is 0.0457 e. The van der Waals surface area contributed by atoms with Crippen LogP contribution in [0.1, 0.15) is 83.8 Å². The van der Waals surface area contributed by atoms with Gasteiger partial charge in [0.05, 0.1) is 0 Å². The quantitative estimate of drug-likeness (QED) is 0.407. The van der Waals surface area contributed by atoms with Crippen LogP contribution >= 0.6 is 0 Å². The lowest BCUT2D eigenvalue weighted by Gasteiger charge is -2.30. The summed E-state index contributed by atoms with van der Waals surface area (Å²) in [6, 6.07) is 8.53. The van der Waals surface area contributed by atoms with Crippen LogP contribution in [-0.4, -0.2) is 0 Å². The molecule has 172 valence electrons. The highest BCUT2D eigenvalue weighted by molar-refractivity contribution is 5.69. The molecule has 1 unspecified atom stereocenters. The molecule has 3 rings (SSSR count). The van der Waals surface area contributed by atoms with E-state index in [1.165, 1.54) is 54.4 Å². The fourth-order valence-electron chi connectivity index (χ4n) is 5.05. The van der Waals surface area contributed by atoms with Crippen LogP contribution in [0.25, 0.3) is 5.70 Å². The molecule has 32 heavy (non-hydrogen) atoms. The highest BCUT2D eigenvalue weighted by Gasteiger charge is 2.30. The number of hydrogen-bond acceptors (Lipinski definition) is 1. The summed E-state index contributed by atoms with van der Waals surface area (Å²) in [6.45, 7) is 24.9. The second-order valence-electron chi connectivity index (χ2n) is 11.1. The zero-order valence-corrected chi connectivity index (χ0v) is 21.1. The molecule has 1 atom stereocenters. The molecule has 1 N–H and O–H groups in total. The zero-order chi connectivity index (χ0) is 23.5. The molecular weight excluding hydrogens is 386 g/mol. The van der Waals surface area contributed by atoms with E-state index < -0.39 is 0 Å². The molecule has 0 saturated heterocycles. The van der Waals surface area contributed by atoms with Crippen molar-refractivity contribution in [3.05, 3.63) is 89.2 Å². The zero-order valence-electron chi connectivity index (χ0n) is 21.1. The smallest absolute Gasteiger partial charge is 0.0457 e. The summed E-state index contributed by atoms with van der Waals surface area (Å²) < 4.78 is 0. The van der Waals surface area contributed by atoms with Gasteiger partial charge in [-0.15, -0.1) is 0 Å². The topological polar surface area (TPSA) is 12.0 Å². The number of aryl methyl sites for hydroxylation is 1. The first kappa shape index (κ1) is 24.4. The average molecular weight is 430 g/mol. The van der Waals surface area contributed by atoms with Crippen LogP contribution < -0.4 is 5.32 Å². The Morgan fingerprint density at radius 1 is 1.06 bits per heavy atom. The van der Waals surface area contributed by atoms with Crippen LogP contribution in [-0.2, 0) is 0 Å². The Balaban J connectivity index is 1.82. The van der Waals surface area contributed by atoms with Gasteiger partial charge in [-0.1, -0.05) is 102 Å². The molecule has 0 spiro atoms. The predicted octanol–water partition coefficient (Wildman–Crippen LogP) is 8.90. The number of benzene rings is 1. The van der Waals surface area contributed by atoms with Crippen LogP contribution in [0.4, 0.5) is 0 Å². The van der Waals surface area contributed by atoms with Crippen molar-refractivity contribution >= 4 is 5.70 Å². The van der Waals surface area contributed by atoms with Crippen LogP contribution in [0.2, 0.25) is 0 Å². The van der Waals surface area contributed by atoms with Crippen molar-refractivity contribution < 1.29 is 0 Å². The maximum absolute atomic E-state index is 4.61. The van der Waals surface area contributed by atoms with E-state index in [-0.39, 0.29) is 0 Å². The van der Waals surface area contributed by atoms with Crippen LogP contribution in [0, 0.1) is 24.2 Å². The Morgan fingerprint density at radius 3 is 2.28 bits per heavy atom. The molecule has 0 aromatic heterocycles. The van der Waals surface area contributed by atoms with Crippen molar-refractivity contribution in [3.8, 4) is 0 Å². The molecule has 1 aromatic rings. The summed E-state index contributed by atoms with van der Waals surface area (Å²) in [6.07, 6.45) is 11.2. The van der Waals surface area contributed by atoms with Gasteiger partial charge < -0.3 is 5.32 Å². The minimum absolute atomic E-state index is 0.304. The Morgan fingerprint density at radius 2 is 1.69 bits per heavy atom. The Hall–Kier alpha value is -2.28. The minimum atomic E-state index is 0.304. The first-order valence-corrected chi connectivity index (χ1v) is 12.4. The third-order valence-corrected chi connectivity index (χ3v) is 7.26. The SMILES string of the molecule is C=C1C(NC(=C)c2ccc(C)cc2)=CC(CCC(C)(C)C)=C1C(C)C(=C)C1CCCCC1. The third kappa shape index (κ3) is 5.94. The van der Waals surface area contributed by atoms with Gasteiger partial charge in [-0.2, -0.15) is 0 Å². The number of rotatable bonds is 8. The summed E-state index contributed by atoms with van der Waals surface area (Å²) in [5, 5.41) is 3.59. The molecule has 0 radical (unpaired) electrons. The molecule has 0 heterocycles. The van der Waals surface area contributed by atoms with Gasteiger partial charge in [0.2, 0.25) is 0 Å². The standard InChI is InChI=1S/C31H43N/c1-21-14-16-27(17-15-21)25(5)32-29-20-28(18-19-31(6,7)8)30(24(29)4)23(3)22(2)26-12-10-9-11-13-26/h14-17,20,23,26,32H,2,4-5,9-13,18-19H2,1,3,6-8H3. The van der Waals surface area contributed by atoms with E-state index >= 15 is 0 Å². The number of hydrogen-bond donors (Lipinski definition) is 1. The summed E-state index contributed by atoms with van der Waals surface area (Å²) in [5.74, 6) is 0.992. The average Bonchev–Trinajstić information content (AvgIpc) is 3.06. The van der Waals surface area contributed by atoms with E-state index in [9.17, 15) is 0 Å². The van der Waals surface area contributed by atoms with Crippen molar-refractivity contribution in [2.75, 3.05) is 0 Å². The lowest BCUT2D eigenvalue weighted by Crippen LogP contribution is -2.18. The molecule has 1 saturated carbocycles. The van der Waals surface area contributed by atoms with E-state index in [1.54, 1.807) is 0 Å². The molecule has 2 aliphatic rings. The molecular formula is C31H43N. The van der Waals surface area contributed by atoms with Crippen molar-refractivity contribution in [1.29, 1.82) is 0 Å². The van der Waals surface area contributed by atoms with Gasteiger partial charge in [0.15, 0.2) is 0 Å². The summed E-state index contributed by atoms with van der Waals surface area (Å²) in [4.78, 5) is 0. The summed E-state index contributed by atoms with van der Waals surface area (Å²) >= 11 is 0. The lowest BCUT2D eigenvalue weighted by atomic mass is 9.75. The van der Waals surface area contributed by atoms with Crippen molar-refractivity contribution in [1.82, 2.24) is 5.32 Å². The third-order valence-electron chi connectivity index (χ3n) is 7.26. The Bertz CT molecular complexity index is 924. The minimum Gasteiger partial charge on any atom is -0.355 e. The molecule has 0 aliphatic heterocycles. The molecule has 1 heteroatoms. The second kappa shape index (κ2) is 10.1. The maximum atomic E-state index is 4.61. The molecule has 0 bridgehead atoms.